The van der Waals surface area contributed by atoms with Crippen molar-refractivity contribution in [3.63, 3.8) is 0 Å². The second-order valence-electron chi connectivity index (χ2n) is 4.75. The van der Waals surface area contributed by atoms with Crippen molar-refractivity contribution in [1.29, 1.82) is 0 Å². The number of aromatic amines is 1. The smallest absolute Gasteiger partial charge is 0.224 e. The zero-order chi connectivity index (χ0) is 11.3. The molecule has 2 unspecified atom stereocenters. The maximum Gasteiger partial charge on any atom is 0.224 e. The summed E-state index contributed by atoms with van der Waals surface area (Å²) < 4.78 is 0. The minimum absolute atomic E-state index is 0.0481. The number of allylic oxidation sites excluding steroid dienone is 1. The van der Waals surface area contributed by atoms with Gasteiger partial charge in [-0.25, -0.2) is 0 Å². The number of H-pyrrole nitrogens is 1. The third-order valence-corrected chi connectivity index (χ3v) is 3.94. The molecule has 0 aliphatic heterocycles. The van der Waals surface area contributed by atoms with Gasteiger partial charge in [0.15, 0.2) is 0 Å². The van der Waals surface area contributed by atoms with Crippen LogP contribution in [0.4, 0.5) is 0 Å². The van der Waals surface area contributed by atoms with E-state index in [1.54, 1.807) is 0 Å². The van der Waals surface area contributed by atoms with Gasteiger partial charge in [0, 0.05) is 23.6 Å². The second kappa shape index (κ2) is 3.20. The van der Waals surface area contributed by atoms with E-state index in [1.807, 2.05) is 6.20 Å². The molecule has 0 aromatic carbocycles. The first-order chi connectivity index (χ1) is 7.68. The molecule has 1 aromatic heterocycles. The number of nitrogens with zero attached hydrogens (tertiary/aromatic N) is 1. The van der Waals surface area contributed by atoms with Crippen molar-refractivity contribution in [2.75, 3.05) is 0 Å². The van der Waals surface area contributed by atoms with E-state index in [-0.39, 0.29) is 17.7 Å². The van der Waals surface area contributed by atoms with E-state index >= 15 is 0 Å². The number of carbonyl (C=O) groups excluding carboxylic acids is 1. The molecule has 1 aromatic rings. The van der Waals surface area contributed by atoms with Crippen LogP contribution in [0.2, 0.25) is 0 Å². The highest BCUT2D eigenvalue weighted by Gasteiger charge is 2.37. The molecule has 0 saturated carbocycles. The van der Waals surface area contributed by atoms with E-state index < -0.39 is 0 Å². The number of nitrogens with two attached hydrogens (primary N) is 1. The quantitative estimate of drug-likeness (QED) is 0.695. The monoisotopic (exact) mass is 217 g/mol. The predicted molar refractivity (Wildman–Crippen MR) is 59.7 cm³/mol. The Morgan fingerprint density at radius 3 is 3.19 bits per heavy atom. The molecule has 3 N–H and O–H groups in total. The van der Waals surface area contributed by atoms with Crippen molar-refractivity contribution in [2.45, 2.75) is 32.1 Å². The zero-order valence-corrected chi connectivity index (χ0v) is 9.29. The van der Waals surface area contributed by atoms with Crippen molar-refractivity contribution < 1.29 is 4.79 Å². The van der Waals surface area contributed by atoms with Crippen LogP contribution in [0.3, 0.4) is 0 Å². The summed E-state index contributed by atoms with van der Waals surface area (Å²) in [7, 11) is 0. The van der Waals surface area contributed by atoms with E-state index in [1.165, 1.54) is 22.4 Å². The van der Waals surface area contributed by atoms with Gasteiger partial charge in [0.2, 0.25) is 5.91 Å². The fraction of sp³-hybridized carbons (Fsp3) is 0.500. The third kappa shape index (κ3) is 1.16. The number of amides is 1. The largest absolute Gasteiger partial charge is 0.369 e. The van der Waals surface area contributed by atoms with Crippen LogP contribution in [0.5, 0.6) is 0 Å². The number of aromatic nitrogens is 2. The van der Waals surface area contributed by atoms with Gasteiger partial charge < -0.3 is 5.73 Å². The highest BCUT2D eigenvalue weighted by Crippen LogP contribution is 2.45. The number of fused-ring (bicyclic) bond motifs is 1. The fourth-order valence-corrected chi connectivity index (χ4v) is 3.18. The first kappa shape index (κ1) is 9.63. The SMILES string of the molecule is CC1C2=C(CCC2C(N)=O)Cc2[nH]ncc21. The normalized spacial score (nSPS) is 27.8. The summed E-state index contributed by atoms with van der Waals surface area (Å²) in [5.74, 6) is 0.0642. The molecule has 0 radical (unpaired) electrons. The van der Waals surface area contributed by atoms with Crippen LogP contribution in [-0.2, 0) is 11.2 Å². The van der Waals surface area contributed by atoms with Gasteiger partial charge in [-0.1, -0.05) is 18.1 Å². The van der Waals surface area contributed by atoms with Crippen LogP contribution in [0.1, 0.15) is 36.9 Å². The van der Waals surface area contributed by atoms with Gasteiger partial charge in [-0.3, -0.25) is 9.89 Å². The molecule has 0 fully saturated rings. The third-order valence-electron chi connectivity index (χ3n) is 3.94. The highest BCUT2D eigenvalue weighted by molar-refractivity contribution is 5.81. The van der Waals surface area contributed by atoms with Crippen LogP contribution in [0.15, 0.2) is 17.3 Å². The Hall–Kier alpha value is -1.58. The molecule has 2 atom stereocenters. The Labute approximate surface area is 93.9 Å². The molecular formula is C12H15N3O. The van der Waals surface area contributed by atoms with E-state index in [0.717, 1.165) is 19.3 Å². The maximum absolute atomic E-state index is 11.4. The minimum atomic E-state index is -0.177. The van der Waals surface area contributed by atoms with Crippen molar-refractivity contribution in [3.8, 4) is 0 Å². The molecular weight excluding hydrogens is 202 g/mol. The molecule has 4 heteroatoms. The molecule has 1 amide bonds. The average Bonchev–Trinajstić information content (AvgIpc) is 2.83. The van der Waals surface area contributed by atoms with E-state index in [4.69, 9.17) is 5.73 Å². The first-order valence-corrected chi connectivity index (χ1v) is 5.71. The summed E-state index contributed by atoms with van der Waals surface area (Å²) in [4.78, 5) is 11.4. The Morgan fingerprint density at radius 2 is 2.44 bits per heavy atom. The van der Waals surface area contributed by atoms with Gasteiger partial charge in [0.1, 0.15) is 0 Å². The van der Waals surface area contributed by atoms with Crippen molar-refractivity contribution in [2.24, 2.45) is 11.7 Å². The lowest BCUT2D eigenvalue weighted by Crippen LogP contribution is -2.25. The molecule has 0 bridgehead atoms. The van der Waals surface area contributed by atoms with Crippen molar-refractivity contribution in [1.82, 2.24) is 10.2 Å². The zero-order valence-electron chi connectivity index (χ0n) is 9.29. The number of primary amides is 1. The highest BCUT2D eigenvalue weighted by atomic mass is 16.1. The Kier molecular flexibility index (Phi) is 1.93. The molecule has 16 heavy (non-hydrogen) atoms. The van der Waals surface area contributed by atoms with Gasteiger partial charge in [0.25, 0.3) is 0 Å². The van der Waals surface area contributed by atoms with Crippen LogP contribution in [0.25, 0.3) is 0 Å². The average molecular weight is 217 g/mol. The van der Waals surface area contributed by atoms with Crippen LogP contribution in [0, 0.1) is 5.92 Å². The lowest BCUT2D eigenvalue weighted by molar-refractivity contribution is -0.120. The summed E-state index contributed by atoms with van der Waals surface area (Å²) in [6, 6.07) is 0. The summed E-state index contributed by atoms with van der Waals surface area (Å²) in [5, 5.41) is 7.13. The molecule has 84 valence electrons. The van der Waals surface area contributed by atoms with Gasteiger partial charge in [0.05, 0.1) is 12.1 Å². The Balaban J connectivity index is 2.05. The van der Waals surface area contributed by atoms with Gasteiger partial charge in [-0.05, 0) is 12.8 Å². The molecule has 2 aliphatic carbocycles. The molecule has 1 heterocycles. The lowest BCUT2D eigenvalue weighted by Gasteiger charge is -2.24. The summed E-state index contributed by atoms with van der Waals surface area (Å²) in [6.07, 6.45) is 4.69. The number of nitrogens with one attached hydrogen (secondary N) is 1. The van der Waals surface area contributed by atoms with Crippen molar-refractivity contribution in [3.05, 3.63) is 28.6 Å². The summed E-state index contributed by atoms with van der Waals surface area (Å²) >= 11 is 0. The van der Waals surface area contributed by atoms with E-state index in [0.29, 0.717) is 0 Å². The molecule has 4 nitrogen and oxygen atoms in total. The second-order valence-corrected chi connectivity index (χ2v) is 4.75. The van der Waals surface area contributed by atoms with Gasteiger partial charge in [-0.2, -0.15) is 5.10 Å². The fourth-order valence-electron chi connectivity index (χ4n) is 3.18. The predicted octanol–water partition coefficient (Wildman–Crippen LogP) is 1.26. The topological polar surface area (TPSA) is 71.8 Å². The van der Waals surface area contributed by atoms with E-state index in [9.17, 15) is 4.79 Å². The van der Waals surface area contributed by atoms with Crippen LogP contribution < -0.4 is 5.73 Å². The summed E-state index contributed by atoms with van der Waals surface area (Å²) in [5.41, 5.74) is 10.6. The molecule has 2 aliphatic rings. The minimum Gasteiger partial charge on any atom is -0.369 e. The van der Waals surface area contributed by atoms with Gasteiger partial charge >= 0.3 is 0 Å². The first-order valence-electron chi connectivity index (χ1n) is 5.71. The Morgan fingerprint density at radius 1 is 1.62 bits per heavy atom. The Bertz CT molecular complexity index is 486. The molecule has 0 saturated heterocycles. The molecule has 3 rings (SSSR count). The number of rotatable bonds is 1. The van der Waals surface area contributed by atoms with Gasteiger partial charge in [-0.15, -0.1) is 0 Å². The summed E-state index contributed by atoms with van der Waals surface area (Å²) in [6.45, 7) is 2.14. The maximum atomic E-state index is 11.4. The number of hydrogen-bond donors (Lipinski definition) is 2. The van der Waals surface area contributed by atoms with Crippen molar-refractivity contribution >= 4 is 5.91 Å². The van der Waals surface area contributed by atoms with Crippen LogP contribution in [-0.4, -0.2) is 16.1 Å². The van der Waals surface area contributed by atoms with Crippen LogP contribution >= 0.6 is 0 Å². The lowest BCUT2D eigenvalue weighted by atomic mass is 9.80. The van der Waals surface area contributed by atoms with E-state index in [2.05, 4.69) is 17.1 Å². The number of carbonyl (C=O) groups is 1. The molecule has 0 spiro atoms. The number of hydrogen-bond acceptors (Lipinski definition) is 2. The standard InChI is InChI=1S/C12H15N3O/c1-6-9-5-14-15-10(9)4-7-2-3-8(11(6)7)12(13)16/h5-6,8H,2-4H2,1H3,(H2,13,16)(H,14,15).